The van der Waals surface area contributed by atoms with Crippen molar-refractivity contribution in [3.8, 4) is 0 Å². The number of carbonyl (C=O) groups excluding carboxylic acids is 1. The minimum Gasteiger partial charge on any atom is -0.276 e. The monoisotopic (exact) mass is 375 g/mol. The van der Waals surface area contributed by atoms with E-state index in [2.05, 4.69) is 28.1 Å². The molecule has 0 bridgehead atoms. The molecule has 0 aromatic heterocycles. The molecular weight excluding hydrogens is 362 g/mol. The van der Waals surface area contributed by atoms with Crippen LogP contribution in [0.3, 0.4) is 0 Å². The van der Waals surface area contributed by atoms with Gasteiger partial charge in [-0.1, -0.05) is 70.5 Å². The molecule has 1 aliphatic rings. The first-order valence-corrected chi connectivity index (χ1v) is 8.49. The zero-order valence-corrected chi connectivity index (χ0v) is 14.4. The SMILES string of the molecule is O=C(c1cccc(Br)c1)N1c2ccccc2C=Cc2ccccc21. The van der Waals surface area contributed by atoms with Gasteiger partial charge in [-0.2, -0.15) is 0 Å². The second-order valence-electron chi connectivity index (χ2n) is 5.60. The number of para-hydroxylation sites is 2. The van der Waals surface area contributed by atoms with Crippen LogP contribution in [0, 0.1) is 0 Å². The highest BCUT2D eigenvalue weighted by molar-refractivity contribution is 9.10. The molecule has 0 spiro atoms. The number of halogens is 1. The molecule has 3 aromatic rings. The fourth-order valence-corrected chi connectivity index (χ4v) is 3.34. The van der Waals surface area contributed by atoms with Gasteiger partial charge in [-0.25, -0.2) is 0 Å². The van der Waals surface area contributed by atoms with Crippen molar-refractivity contribution in [2.24, 2.45) is 0 Å². The first-order chi connectivity index (χ1) is 11.7. The molecular formula is C21H14BrNO. The van der Waals surface area contributed by atoms with Crippen molar-refractivity contribution >= 4 is 45.4 Å². The second-order valence-corrected chi connectivity index (χ2v) is 6.52. The molecule has 4 rings (SSSR count). The van der Waals surface area contributed by atoms with Crippen molar-refractivity contribution < 1.29 is 4.79 Å². The molecule has 0 fully saturated rings. The van der Waals surface area contributed by atoms with Crippen LogP contribution in [0.2, 0.25) is 0 Å². The van der Waals surface area contributed by atoms with E-state index in [1.165, 1.54) is 0 Å². The molecule has 0 radical (unpaired) electrons. The molecule has 0 aliphatic carbocycles. The van der Waals surface area contributed by atoms with Gasteiger partial charge in [0.2, 0.25) is 0 Å². The lowest BCUT2D eigenvalue weighted by Gasteiger charge is -2.25. The Morgan fingerprint density at radius 3 is 1.92 bits per heavy atom. The van der Waals surface area contributed by atoms with Gasteiger partial charge in [0.25, 0.3) is 5.91 Å². The van der Waals surface area contributed by atoms with Gasteiger partial charge in [0.15, 0.2) is 0 Å². The fraction of sp³-hybridized carbons (Fsp3) is 0. The minimum absolute atomic E-state index is 0.0418. The molecule has 1 heterocycles. The maximum absolute atomic E-state index is 13.3. The summed E-state index contributed by atoms with van der Waals surface area (Å²) in [5.74, 6) is -0.0418. The topological polar surface area (TPSA) is 20.3 Å². The predicted molar refractivity (Wildman–Crippen MR) is 102 cm³/mol. The van der Waals surface area contributed by atoms with Crippen LogP contribution in [-0.2, 0) is 0 Å². The number of rotatable bonds is 1. The number of benzene rings is 3. The highest BCUT2D eigenvalue weighted by Gasteiger charge is 2.24. The van der Waals surface area contributed by atoms with Crippen LogP contribution < -0.4 is 4.90 Å². The molecule has 0 saturated heterocycles. The Kier molecular flexibility index (Phi) is 3.79. The Bertz CT molecular complexity index is 912. The minimum atomic E-state index is -0.0418. The summed E-state index contributed by atoms with van der Waals surface area (Å²) >= 11 is 3.45. The third-order valence-corrected chi connectivity index (χ3v) is 4.57. The maximum Gasteiger partial charge on any atom is 0.262 e. The number of fused-ring (bicyclic) bond motifs is 2. The Morgan fingerprint density at radius 2 is 1.33 bits per heavy atom. The van der Waals surface area contributed by atoms with Crippen molar-refractivity contribution in [3.05, 3.63) is 94.0 Å². The highest BCUT2D eigenvalue weighted by atomic mass is 79.9. The molecule has 1 amide bonds. The van der Waals surface area contributed by atoms with Crippen LogP contribution in [0.15, 0.2) is 77.3 Å². The first kappa shape index (κ1) is 14.9. The summed E-state index contributed by atoms with van der Waals surface area (Å²) in [6, 6.07) is 23.4. The van der Waals surface area contributed by atoms with E-state index in [1.54, 1.807) is 4.90 Å². The zero-order valence-electron chi connectivity index (χ0n) is 12.8. The molecule has 0 saturated carbocycles. The Balaban J connectivity index is 1.93. The summed E-state index contributed by atoms with van der Waals surface area (Å²) in [6.45, 7) is 0. The molecule has 0 N–H and O–H groups in total. The molecule has 0 unspecified atom stereocenters. The molecule has 0 atom stereocenters. The number of anilines is 2. The molecule has 3 heteroatoms. The van der Waals surface area contributed by atoms with E-state index in [0.717, 1.165) is 27.0 Å². The van der Waals surface area contributed by atoms with Crippen LogP contribution in [0.25, 0.3) is 12.2 Å². The van der Waals surface area contributed by atoms with Crippen molar-refractivity contribution in [2.45, 2.75) is 0 Å². The van der Waals surface area contributed by atoms with Crippen LogP contribution in [0.4, 0.5) is 11.4 Å². The number of carbonyl (C=O) groups is 1. The van der Waals surface area contributed by atoms with E-state index in [4.69, 9.17) is 0 Å². The number of hydrogen-bond acceptors (Lipinski definition) is 1. The van der Waals surface area contributed by atoms with E-state index in [9.17, 15) is 4.79 Å². The molecule has 3 aromatic carbocycles. The Hall–Kier alpha value is -2.65. The smallest absolute Gasteiger partial charge is 0.262 e. The van der Waals surface area contributed by atoms with Crippen molar-refractivity contribution in [1.82, 2.24) is 0 Å². The average molecular weight is 376 g/mol. The third-order valence-electron chi connectivity index (χ3n) is 4.07. The summed E-state index contributed by atoms with van der Waals surface area (Å²) in [4.78, 5) is 15.1. The normalized spacial score (nSPS) is 12.3. The van der Waals surface area contributed by atoms with E-state index < -0.39 is 0 Å². The van der Waals surface area contributed by atoms with E-state index in [-0.39, 0.29) is 5.91 Å². The van der Waals surface area contributed by atoms with Crippen LogP contribution in [0.5, 0.6) is 0 Å². The van der Waals surface area contributed by atoms with Gasteiger partial charge >= 0.3 is 0 Å². The van der Waals surface area contributed by atoms with Crippen molar-refractivity contribution in [3.63, 3.8) is 0 Å². The lowest BCUT2D eigenvalue weighted by molar-refractivity contribution is 0.0999. The maximum atomic E-state index is 13.3. The van der Waals surface area contributed by atoms with Gasteiger partial charge in [-0.3, -0.25) is 9.69 Å². The quantitative estimate of drug-likeness (QED) is 0.517. The van der Waals surface area contributed by atoms with Gasteiger partial charge in [0, 0.05) is 10.0 Å². The summed E-state index contributed by atoms with van der Waals surface area (Å²) in [5, 5.41) is 0. The van der Waals surface area contributed by atoms with Gasteiger partial charge < -0.3 is 0 Å². The van der Waals surface area contributed by atoms with Gasteiger partial charge in [0.05, 0.1) is 11.4 Å². The van der Waals surface area contributed by atoms with Crippen molar-refractivity contribution in [2.75, 3.05) is 4.90 Å². The summed E-state index contributed by atoms with van der Waals surface area (Å²) in [7, 11) is 0. The van der Waals surface area contributed by atoms with Crippen LogP contribution in [-0.4, -0.2) is 5.91 Å². The Morgan fingerprint density at radius 1 is 0.750 bits per heavy atom. The summed E-state index contributed by atoms with van der Waals surface area (Å²) < 4.78 is 0.892. The summed E-state index contributed by atoms with van der Waals surface area (Å²) in [5.41, 5.74) is 4.48. The largest absolute Gasteiger partial charge is 0.276 e. The first-order valence-electron chi connectivity index (χ1n) is 7.70. The van der Waals surface area contributed by atoms with E-state index in [0.29, 0.717) is 5.56 Å². The van der Waals surface area contributed by atoms with Crippen LogP contribution in [0.1, 0.15) is 21.5 Å². The van der Waals surface area contributed by atoms with Gasteiger partial charge in [-0.05, 0) is 41.5 Å². The van der Waals surface area contributed by atoms with Crippen LogP contribution >= 0.6 is 15.9 Å². The third kappa shape index (κ3) is 2.57. The fourth-order valence-electron chi connectivity index (χ4n) is 2.94. The van der Waals surface area contributed by atoms with E-state index >= 15 is 0 Å². The molecule has 2 nitrogen and oxygen atoms in total. The number of nitrogens with zero attached hydrogens (tertiary/aromatic N) is 1. The lowest BCUT2D eigenvalue weighted by Crippen LogP contribution is -2.26. The highest BCUT2D eigenvalue weighted by Crippen LogP contribution is 2.37. The standard InChI is InChI=1S/C21H14BrNO/c22-18-9-5-8-17(14-18)21(24)23-19-10-3-1-6-15(19)12-13-16-7-2-4-11-20(16)23/h1-14H. The van der Waals surface area contributed by atoms with E-state index in [1.807, 2.05) is 72.8 Å². The predicted octanol–water partition coefficient (Wildman–Crippen LogP) is 5.91. The Labute approximate surface area is 149 Å². The second kappa shape index (κ2) is 6.10. The molecule has 1 aliphatic heterocycles. The lowest BCUT2D eigenvalue weighted by atomic mass is 10.1. The number of hydrogen-bond donors (Lipinski definition) is 0. The summed E-state index contributed by atoms with van der Waals surface area (Å²) in [6.07, 6.45) is 4.12. The van der Waals surface area contributed by atoms with Gasteiger partial charge in [0.1, 0.15) is 0 Å². The zero-order chi connectivity index (χ0) is 16.5. The molecule has 24 heavy (non-hydrogen) atoms. The van der Waals surface area contributed by atoms with Crippen molar-refractivity contribution in [1.29, 1.82) is 0 Å². The molecule has 116 valence electrons. The number of amides is 1. The average Bonchev–Trinajstić information content (AvgIpc) is 2.78. The van der Waals surface area contributed by atoms with Gasteiger partial charge in [-0.15, -0.1) is 0 Å².